The summed E-state index contributed by atoms with van der Waals surface area (Å²) in [5, 5.41) is 19.1. The minimum atomic E-state index is -4.70. The smallest absolute Gasteiger partial charge is 0.325 e. The molecule has 1 aliphatic carbocycles. The first-order valence-corrected chi connectivity index (χ1v) is 11.8. The Balaban J connectivity index is 1.45. The van der Waals surface area contributed by atoms with E-state index in [1.165, 1.54) is 6.07 Å². The van der Waals surface area contributed by atoms with Crippen molar-refractivity contribution in [3.05, 3.63) is 82.3 Å². The fourth-order valence-corrected chi connectivity index (χ4v) is 4.42. The number of aromatic nitrogens is 5. The van der Waals surface area contributed by atoms with Gasteiger partial charge < -0.3 is 10.6 Å². The number of carbonyl (C=O) groups is 2. The number of pyridine rings is 1. The zero-order chi connectivity index (χ0) is 27.9. The number of benzene rings is 2. The second-order valence-corrected chi connectivity index (χ2v) is 9.37. The van der Waals surface area contributed by atoms with Crippen molar-refractivity contribution < 1.29 is 27.2 Å². The fourth-order valence-electron chi connectivity index (χ4n) is 4.42. The van der Waals surface area contributed by atoms with Gasteiger partial charge in [0.1, 0.15) is 11.6 Å². The number of hydrogen-bond acceptors (Lipinski definition) is 6. The third kappa shape index (κ3) is 5.07. The normalized spacial score (nSPS) is 14.1. The van der Waals surface area contributed by atoms with Crippen molar-refractivity contribution in [1.29, 1.82) is 0 Å². The van der Waals surface area contributed by atoms with Gasteiger partial charge in [-0.2, -0.15) is 13.2 Å². The van der Waals surface area contributed by atoms with Gasteiger partial charge in [-0.1, -0.05) is 12.1 Å². The number of hydrogen-bond donors (Lipinski definition) is 3. The van der Waals surface area contributed by atoms with Gasteiger partial charge in [0.2, 0.25) is 5.91 Å². The van der Waals surface area contributed by atoms with E-state index in [0.29, 0.717) is 17.4 Å². The van der Waals surface area contributed by atoms with Gasteiger partial charge in [-0.15, -0.1) is 5.10 Å². The average Bonchev–Trinajstić information content (AvgIpc) is 3.49. The molecule has 39 heavy (non-hydrogen) atoms. The molecule has 0 bridgehead atoms. The number of anilines is 2. The van der Waals surface area contributed by atoms with Crippen LogP contribution >= 0.6 is 0 Å². The largest absolute Gasteiger partial charge is 0.416 e. The molecular formula is C26H21F4N7O2. The highest BCUT2D eigenvalue weighted by Gasteiger charge is 2.53. The number of aromatic amines is 1. The Hall–Kier alpha value is -4.68. The van der Waals surface area contributed by atoms with Crippen LogP contribution in [-0.4, -0.2) is 37.4 Å². The number of carbonyl (C=O) groups excluding carboxylic acids is 2. The molecule has 2 aromatic heterocycles. The third-order valence-corrected chi connectivity index (χ3v) is 6.57. The van der Waals surface area contributed by atoms with Crippen LogP contribution in [0.5, 0.6) is 0 Å². The first kappa shape index (κ1) is 25.9. The lowest BCUT2D eigenvalue weighted by molar-refractivity contribution is -0.137. The second-order valence-electron chi connectivity index (χ2n) is 9.37. The van der Waals surface area contributed by atoms with Gasteiger partial charge in [0.05, 0.1) is 16.5 Å². The van der Waals surface area contributed by atoms with Crippen LogP contribution < -0.4 is 10.6 Å². The molecule has 2 aromatic carbocycles. The van der Waals surface area contributed by atoms with Crippen LogP contribution in [0.3, 0.4) is 0 Å². The van der Waals surface area contributed by atoms with Crippen molar-refractivity contribution in [3.63, 3.8) is 0 Å². The van der Waals surface area contributed by atoms with Gasteiger partial charge >= 0.3 is 6.18 Å². The summed E-state index contributed by atoms with van der Waals surface area (Å²) in [6.07, 6.45) is -2.56. The van der Waals surface area contributed by atoms with E-state index in [1.807, 2.05) is 6.92 Å². The summed E-state index contributed by atoms with van der Waals surface area (Å²) in [5.74, 6) is -1.68. The molecule has 0 saturated heterocycles. The number of alkyl halides is 3. The fraction of sp³-hybridized carbons (Fsp3) is 0.231. The molecule has 0 radical (unpaired) electrons. The minimum absolute atomic E-state index is 0.106. The van der Waals surface area contributed by atoms with Crippen molar-refractivity contribution >= 4 is 23.3 Å². The van der Waals surface area contributed by atoms with E-state index in [2.05, 4.69) is 36.2 Å². The Morgan fingerprint density at radius 2 is 1.79 bits per heavy atom. The standard InChI is InChI=1S/C26H21F4N7O2/c1-13-3-6-20(31-12-13)33-23(38)21-14(2)9-16(11-17(21)22-34-36-37-35-22)32-24(39)25(7-8-25)18-5-4-15(10-19(18)27)26(28,29)30/h3-6,9-12H,7-8H2,1-2H3,(H,32,39)(H,31,33,38)(H,34,35,36,37). The average molecular weight is 539 g/mol. The van der Waals surface area contributed by atoms with Crippen LogP contribution in [0.2, 0.25) is 0 Å². The molecule has 0 atom stereocenters. The van der Waals surface area contributed by atoms with Crippen LogP contribution in [-0.2, 0) is 16.4 Å². The topological polar surface area (TPSA) is 126 Å². The summed E-state index contributed by atoms with van der Waals surface area (Å²) in [6, 6.07) is 8.67. The Morgan fingerprint density at radius 3 is 2.38 bits per heavy atom. The molecule has 5 rings (SSSR count). The van der Waals surface area contributed by atoms with Crippen LogP contribution in [0.15, 0.2) is 48.7 Å². The first-order valence-electron chi connectivity index (χ1n) is 11.8. The number of amides is 2. The Bertz CT molecular complexity index is 1560. The zero-order valence-electron chi connectivity index (χ0n) is 20.7. The van der Waals surface area contributed by atoms with E-state index in [4.69, 9.17) is 0 Å². The molecule has 9 nitrogen and oxygen atoms in total. The highest BCUT2D eigenvalue weighted by molar-refractivity contribution is 6.10. The third-order valence-electron chi connectivity index (χ3n) is 6.57. The Labute approximate surface area is 219 Å². The quantitative estimate of drug-likeness (QED) is 0.298. The molecule has 1 saturated carbocycles. The number of nitrogens with zero attached hydrogens (tertiary/aromatic N) is 4. The van der Waals surface area contributed by atoms with Gasteiger partial charge in [0.15, 0.2) is 5.82 Å². The molecule has 1 aliphatic rings. The van der Waals surface area contributed by atoms with E-state index in [-0.39, 0.29) is 41.0 Å². The first-order chi connectivity index (χ1) is 18.5. The molecule has 0 spiro atoms. The van der Waals surface area contributed by atoms with Crippen molar-refractivity contribution in [2.45, 2.75) is 38.3 Å². The van der Waals surface area contributed by atoms with Gasteiger partial charge in [-0.25, -0.2) is 14.5 Å². The van der Waals surface area contributed by atoms with E-state index in [9.17, 15) is 27.2 Å². The number of rotatable bonds is 6. The van der Waals surface area contributed by atoms with E-state index in [0.717, 1.165) is 17.7 Å². The summed E-state index contributed by atoms with van der Waals surface area (Å²) in [4.78, 5) is 30.7. The molecule has 2 amide bonds. The lowest BCUT2D eigenvalue weighted by atomic mass is 9.92. The maximum atomic E-state index is 14.7. The lowest BCUT2D eigenvalue weighted by Gasteiger charge is -2.19. The Kier molecular flexibility index (Phi) is 6.36. The maximum absolute atomic E-state index is 14.7. The van der Waals surface area contributed by atoms with E-state index >= 15 is 0 Å². The Morgan fingerprint density at radius 1 is 1.03 bits per heavy atom. The molecule has 0 aliphatic heterocycles. The molecule has 2 heterocycles. The monoisotopic (exact) mass is 539 g/mol. The number of aryl methyl sites for hydroxylation is 2. The summed E-state index contributed by atoms with van der Waals surface area (Å²) >= 11 is 0. The molecule has 4 aromatic rings. The van der Waals surface area contributed by atoms with Gasteiger partial charge in [-0.3, -0.25) is 9.59 Å². The highest BCUT2D eigenvalue weighted by Crippen LogP contribution is 2.50. The minimum Gasteiger partial charge on any atom is -0.325 e. The summed E-state index contributed by atoms with van der Waals surface area (Å²) in [7, 11) is 0. The molecular weight excluding hydrogens is 518 g/mol. The van der Waals surface area contributed by atoms with Crippen LogP contribution in [0.1, 0.15) is 45.5 Å². The second kappa shape index (κ2) is 9.57. The van der Waals surface area contributed by atoms with E-state index < -0.39 is 34.8 Å². The predicted molar refractivity (Wildman–Crippen MR) is 132 cm³/mol. The lowest BCUT2D eigenvalue weighted by Crippen LogP contribution is -2.29. The highest BCUT2D eigenvalue weighted by atomic mass is 19.4. The number of tetrazole rings is 1. The van der Waals surface area contributed by atoms with Crippen LogP contribution in [0.4, 0.5) is 29.1 Å². The molecule has 3 N–H and O–H groups in total. The van der Waals surface area contributed by atoms with Crippen LogP contribution in [0, 0.1) is 19.7 Å². The number of halogens is 4. The summed E-state index contributed by atoms with van der Waals surface area (Å²) in [6.45, 7) is 3.52. The van der Waals surface area contributed by atoms with Crippen molar-refractivity contribution in [2.24, 2.45) is 0 Å². The summed E-state index contributed by atoms with van der Waals surface area (Å²) in [5.41, 5.74) is -0.372. The SMILES string of the molecule is Cc1ccc(NC(=O)c2c(C)cc(NC(=O)C3(c4ccc(C(F)(F)F)cc4F)CC3)cc2-c2nnn[nH]2)nc1. The zero-order valence-corrected chi connectivity index (χ0v) is 20.7. The predicted octanol–water partition coefficient (Wildman–Crippen LogP) is 4.96. The van der Waals surface area contributed by atoms with Crippen molar-refractivity contribution in [1.82, 2.24) is 25.6 Å². The molecule has 200 valence electrons. The van der Waals surface area contributed by atoms with Gasteiger partial charge in [0.25, 0.3) is 5.91 Å². The number of H-pyrrole nitrogens is 1. The molecule has 0 unspecified atom stereocenters. The summed E-state index contributed by atoms with van der Waals surface area (Å²) < 4.78 is 53.7. The van der Waals surface area contributed by atoms with Gasteiger partial charge in [-0.05, 0) is 78.6 Å². The maximum Gasteiger partial charge on any atom is 0.416 e. The van der Waals surface area contributed by atoms with Gasteiger partial charge in [0, 0.05) is 23.0 Å². The molecule has 13 heteroatoms. The van der Waals surface area contributed by atoms with Crippen molar-refractivity contribution in [2.75, 3.05) is 10.6 Å². The van der Waals surface area contributed by atoms with Crippen molar-refractivity contribution in [3.8, 4) is 11.4 Å². The van der Waals surface area contributed by atoms with Crippen LogP contribution in [0.25, 0.3) is 11.4 Å². The molecule has 1 fully saturated rings. The van der Waals surface area contributed by atoms with E-state index in [1.54, 1.807) is 31.3 Å². The number of nitrogens with one attached hydrogen (secondary N) is 3.